The second kappa shape index (κ2) is 12.6. The van der Waals surface area contributed by atoms with Crippen molar-refractivity contribution in [3.63, 3.8) is 0 Å². The third-order valence-electron chi connectivity index (χ3n) is 5.77. The monoisotopic (exact) mass is 569 g/mol. The van der Waals surface area contributed by atoms with E-state index in [2.05, 4.69) is 20.8 Å². The zero-order valence-electron chi connectivity index (χ0n) is 22.9. The van der Waals surface area contributed by atoms with Crippen molar-refractivity contribution in [2.45, 2.75) is 51.7 Å². The number of carbonyl (C=O) groups excluding carboxylic acids is 1. The Bertz CT molecular complexity index is 1560. The molecule has 0 atom stereocenters. The summed E-state index contributed by atoms with van der Waals surface area (Å²) in [5, 5.41) is 17.5. The first-order valence-electron chi connectivity index (χ1n) is 12.6. The number of rotatable bonds is 11. The number of nitrogens with two attached hydrogens (primary N) is 2. The van der Waals surface area contributed by atoms with Crippen molar-refractivity contribution in [2.24, 2.45) is 16.8 Å². The van der Waals surface area contributed by atoms with Crippen LogP contribution >= 0.6 is 0 Å². The van der Waals surface area contributed by atoms with Crippen molar-refractivity contribution in [2.75, 3.05) is 16.8 Å². The predicted octanol–water partition coefficient (Wildman–Crippen LogP) is 2.15. The van der Waals surface area contributed by atoms with Crippen LogP contribution in [-0.4, -0.2) is 46.7 Å². The lowest BCUT2D eigenvalue weighted by Gasteiger charge is -2.17. The van der Waals surface area contributed by atoms with Crippen LogP contribution in [0.15, 0.2) is 63.5 Å². The van der Waals surface area contributed by atoms with E-state index in [0.717, 1.165) is 5.56 Å². The van der Waals surface area contributed by atoms with Gasteiger partial charge in [0.05, 0.1) is 22.5 Å². The maximum absolute atomic E-state index is 13.4. The lowest BCUT2D eigenvalue weighted by molar-refractivity contribution is -0.121. The van der Waals surface area contributed by atoms with Crippen LogP contribution in [0, 0.1) is 5.92 Å². The van der Waals surface area contributed by atoms with Crippen molar-refractivity contribution in [1.82, 2.24) is 14.9 Å². The number of amides is 1. The fraction of sp³-hybridized carbons (Fsp3) is 0.333. The lowest BCUT2D eigenvalue weighted by Crippen LogP contribution is -2.35. The summed E-state index contributed by atoms with van der Waals surface area (Å²) >= 11 is 0. The largest absolute Gasteiger partial charge is 0.409 e. The summed E-state index contributed by atoms with van der Waals surface area (Å²) in [6.45, 7) is 7.12. The molecule has 0 spiro atoms. The predicted molar refractivity (Wildman–Crippen MR) is 155 cm³/mol. The second-order valence-corrected chi connectivity index (χ2v) is 12.1. The van der Waals surface area contributed by atoms with Crippen LogP contribution in [0.1, 0.15) is 38.8 Å². The van der Waals surface area contributed by atoms with Crippen LogP contribution in [0.4, 0.5) is 11.5 Å². The fourth-order valence-electron chi connectivity index (χ4n) is 3.98. The van der Waals surface area contributed by atoms with E-state index in [0.29, 0.717) is 11.1 Å². The van der Waals surface area contributed by atoms with Gasteiger partial charge in [-0.25, -0.2) is 13.4 Å². The van der Waals surface area contributed by atoms with Crippen LogP contribution < -0.4 is 27.7 Å². The van der Waals surface area contributed by atoms with Gasteiger partial charge < -0.3 is 27.3 Å². The van der Waals surface area contributed by atoms with Gasteiger partial charge in [0.1, 0.15) is 6.54 Å². The lowest BCUT2D eigenvalue weighted by atomic mass is 10.1. The average Bonchev–Trinajstić information content (AvgIpc) is 2.88. The first-order chi connectivity index (χ1) is 18.8. The van der Waals surface area contributed by atoms with Crippen molar-refractivity contribution < 1.29 is 18.4 Å². The van der Waals surface area contributed by atoms with Crippen molar-refractivity contribution in [1.29, 1.82) is 0 Å². The number of hydrogen-bond donors (Lipinski definition) is 5. The molecular weight excluding hydrogens is 534 g/mol. The fourth-order valence-corrected chi connectivity index (χ4v) is 5.68. The number of hydrogen-bond acceptors (Lipinski definition) is 9. The Morgan fingerprint density at radius 3 is 2.40 bits per heavy atom. The van der Waals surface area contributed by atoms with Crippen LogP contribution in [0.25, 0.3) is 11.3 Å². The molecule has 214 valence electrons. The van der Waals surface area contributed by atoms with E-state index in [4.69, 9.17) is 16.7 Å². The minimum atomic E-state index is -3.64. The van der Waals surface area contributed by atoms with E-state index in [1.165, 1.54) is 29.0 Å². The molecule has 13 heteroatoms. The molecule has 2 aromatic carbocycles. The smallest absolute Gasteiger partial charge is 0.294 e. The number of carbonyl (C=O) groups is 1. The number of nitrogen functional groups attached to an aromatic ring is 1. The summed E-state index contributed by atoms with van der Waals surface area (Å²) in [7, 11) is -3.64. The molecule has 0 radical (unpaired) electrons. The first kappa shape index (κ1) is 30.2. The minimum Gasteiger partial charge on any atom is -0.409 e. The number of amidine groups is 1. The number of nitrogens with one attached hydrogen (secondary N) is 2. The van der Waals surface area contributed by atoms with Crippen LogP contribution in [0.3, 0.4) is 0 Å². The van der Waals surface area contributed by atoms with Gasteiger partial charge in [0.15, 0.2) is 21.5 Å². The molecule has 0 fully saturated rings. The summed E-state index contributed by atoms with van der Waals surface area (Å²) in [5.74, 6) is -0.603. The Balaban J connectivity index is 1.96. The number of oxime groups is 1. The summed E-state index contributed by atoms with van der Waals surface area (Å²) in [5.41, 5.74) is 13.2. The number of benzene rings is 2. The summed E-state index contributed by atoms with van der Waals surface area (Å²) < 4.78 is 27.1. The van der Waals surface area contributed by atoms with Gasteiger partial charge in [-0.05, 0) is 43.5 Å². The third-order valence-corrected chi connectivity index (χ3v) is 7.82. The highest BCUT2D eigenvalue weighted by atomic mass is 32.2. The SMILES string of the molecule is CC(C)CS(=O)(=O)c1cc(N)cc(-c2cnc(NC(C)C)c(=O)n2CC(=O)NCc2ccc(/C(N)=N/O)cc2)c1. The van der Waals surface area contributed by atoms with Gasteiger partial charge in [-0.15, -0.1) is 0 Å². The molecule has 0 bridgehead atoms. The maximum Gasteiger partial charge on any atom is 0.294 e. The van der Waals surface area contributed by atoms with E-state index >= 15 is 0 Å². The van der Waals surface area contributed by atoms with Gasteiger partial charge in [0.2, 0.25) is 5.91 Å². The Morgan fingerprint density at radius 1 is 1.12 bits per heavy atom. The minimum absolute atomic E-state index is 0.0272. The molecule has 1 heterocycles. The van der Waals surface area contributed by atoms with E-state index in [1.54, 1.807) is 38.1 Å². The van der Waals surface area contributed by atoms with Gasteiger partial charge in [-0.2, -0.15) is 0 Å². The molecule has 7 N–H and O–H groups in total. The highest BCUT2D eigenvalue weighted by Crippen LogP contribution is 2.27. The van der Waals surface area contributed by atoms with Crippen LogP contribution in [0.5, 0.6) is 0 Å². The van der Waals surface area contributed by atoms with Gasteiger partial charge in [0.25, 0.3) is 5.56 Å². The maximum atomic E-state index is 13.4. The standard InChI is InChI=1S/C27H35N7O5S/c1-16(2)15-40(38,39)22-10-20(9-21(28)11-22)23-13-31-26(32-17(3)4)27(36)34(23)14-24(35)30-12-18-5-7-19(8-6-18)25(29)33-37/h5-11,13,16-17,37H,12,14-15,28H2,1-4H3,(H2,29,33)(H,30,35)(H,31,32). The Labute approximate surface area is 233 Å². The zero-order valence-corrected chi connectivity index (χ0v) is 23.7. The molecule has 40 heavy (non-hydrogen) atoms. The average molecular weight is 570 g/mol. The van der Waals surface area contributed by atoms with E-state index < -0.39 is 21.3 Å². The van der Waals surface area contributed by atoms with E-state index in [1.807, 2.05) is 13.8 Å². The van der Waals surface area contributed by atoms with Gasteiger partial charge in [-0.1, -0.05) is 43.3 Å². The molecule has 0 saturated carbocycles. The highest BCUT2D eigenvalue weighted by molar-refractivity contribution is 7.91. The molecule has 1 aromatic heterocycles. The molecule has 0 unspecified atom stereocenters. The molecular formula is C27H35N7O5S. The van der Waals surface area contributed by atoms with Gasteiger partial charge in [-0.3, -0.25) is 14.2 Å². The molecule has 3 aromatic rings. The van der Waals surface area contributed by atoms with Crippen molar-refractivity contribution in [3.8, 4) is 11.3 Å². The van der Waals surface area contributed by atoms with Crippen molar-refractivity contribution >= 4 is 33.1 Å². The Kier molecular flexibility index (Phi) is 9.53. The van der Waals surface area contributed by atoms with Crippen LogP contribution in [0.2, 0.25) is 0 Å². The quantitative estimate of drug-likeness (QED) is 0.0756. The normalized spacial score (nSPS) is 12.1. The Hall–Kier alpha value is -4.39. The third kappa shape index (κ3) is 7.59. The molecule has 0 aliphatic heterocycles. The molecule has 12 nitrogen and oxygen atoms in total. The van der Waals surface area contributed by atoms with E-state index in [-0.39, 0.29) is 58.7 Å². The number of aromatic nitrogens is 2. The highest BCUT2D eigenvalue weighted by Gasteiger charge is 2.21. The number of anilines is 2. The van der Waals surface area contributed by atoms with E-state index in [9.17, 15) is 18.0 Å². The number of sulfone groups is 1. The zero-order chi connectivity index (χ0) is 29.6. The second-order valence-electron chi connectivity index (χ2n) is 10.1. The summed E-state index contributed by atoms with van der Waals surface area (Å²) in [6.07, 6.45) is 1.42. The summed E-state index contributed by atoms with van der Waals surface area (Å²) in [6, 6.07) is 11.0. The van der Waals surface area contributed by atoms with Gasteiger partial charge >= 0.3 is 0 Å². The molecule has 0 aliphatic carbocycles. The van der Waals surface area contributed by atoms with Crippen molar-refractivity contribution in [3.05, 3.63) is 70.1 Å². The first-order valence-corrected chi connectivity index (χ1v) is 14.3. The van der Waals surface area contributed by atoms with Crippen LogP contribution in [-0.2, 0) is 27.7 Å². The Morgan fingerprint density at radius 2 is 1.80 bits per heavy atom. The molecule has 3 rings (SSSR count). The number of nitrogens with zero attached hydrogens (tertiary/aromatic N) is 3. The molecule has 1 amide bonds. The van der Waals surface area contributed by atoms with Gasteiger partial charge in [0, 0.05) is 29.4 Å². The topological polar surface area (TPSA) is 195 Å². The molecule has 0 aliphatic rings. The molecule has 0 saturated heterocycles. The summed E-state index contributed by atoms with van der Waals surface area (Å²) in [4.78, 5) is 30.7.